The third kappa shape index (κ3) is 2.50. The number of hydrogen-bond acceptors (Lipinski definition) is 2. The fourth-order valence-electron chi connectivity index (χ4n) is 4.15. The van der Waals surface area contributed by atoms with Gasteiger partial charge in [-0.1, -0.05) is 35.1 Å². The molecule has 0 radical (unpaired) electrons. The van der Waals surface area contributed by atoms with Crippen molar-refractivity contribution in [2.75, 3.05) is 6.61 Å². The minimum Gasteiger partial charge on any atom is -0.353 e. The Hall–Kier alpha value is 0.390. The summed E-state index contributed by atoms with van der Waals surface area (Å²) >= 11 is 2.32. The molecule has 1 aliphatic heterocycles. The summed E-state index contributed by atoms with van der Waals surface area (Å²) in [5.41, 5.74) is 0.200. The molecule has 1 saturated heterocycles. The number of allylic oxidation sites excluding steroid dienone is 1. The monoisotopic (exact) mass is 362 g/mol. The molecule has 3 rings (SSSR count). The van der Waals surface area contributed by atoms with Gasteiger partial charge in [0.25, 0.3) is 0 Å². The summed E-state index contributed by atoms with van der Waals surface area (Å²) < 4.78 is 14.3. The standard InChI is InChI=1S/C15H23IO2/c16-9-4-5-12-11-15(8-3-6-13(12)15)18-14-7-1-2-10-17-14/h4,9,12-14H,1-3,5-8,10-11H2/b9-4+. The Morgan fingerprint density at radius 3 is 3.00 bits per heavy atom. The molecular formula is C15H23IO2. The van der Waals surface area contributed by atoms with E-state index in [2.05, 4.69) is 32.7 Å². The van der Waals surface area contributed by atoms with Gasteiger partial charge in [-0.2, -0.15) is 0 Å². The molecule has 2 nitrogen and oxygen atoms in total. The van der Waals surface area contributed by atoms with Crippen molar-refractivity contribution >= 4 is 22.6 Å². The van der Waals surface area contributed by atoms with Gasteiger partial charge in [0.1, 0.15) is 0 Å². The summed E-state index contributed by atoms with van der Waals surface area (Å²) in [7, 11) is 0. The molecule has 0 aromatic heterocycles. The molecular weight excluding hydrogens is 339 g/mol. The third-order valence-electron chi connectivity index (χ3n) is 5.00. The Morgan fingerprint density at radius 1 is 1.28 bits per heavy atom. The molecule has 3 fully saturated rings. The van der Waals surface area contributed by atoms with Crippen molar-refractivity contribution in [1.29, 1.82) is 0 Å². The SMILES string of the molecule is I/C=C/CC1CC2(OC3CCCCO3)CCCC12. The normalized spacial score (nSPS) is 43.9. The second-order valence-electron chi connectivity index (χ2n) is 6.04. The van der Waals surface area contributed by atoms with E-state index in [1.165, 1.54) is 44.9 Å². The maximum absolute atomic E-state index is 6.40. The van der Waals surface area contributed by atoms with Crippen LogP contribution in [0.2, 0.25) is 0 Å². The second-order valence-corrected chi connectivity index (χ2v) is 6.76. The van der Waals surface area contributed by atoms with Crippen molar-refractivity contribution in [1.82, 2.24) is 0 Å². The number of halogens is 1. The lowest BCUT2D eigenvalue weighted by atomic mass is 9.61. The van der Waals surface area contributed by atoms with E-state index < -0.39 is 0 Å². The molecule has 4 atom stereocenters. The smallest absolute Gasteiger partial charge is 0.158 e. The average molecular weight is 362 g/mol. The second kappa shape index (κ2) is 5.80. The zero-order valence-electron chi connectivity index (χ0n) is 10.9. The maximum Gasteiger partial charge on any atom is 0.158 e. The minimum atomic E-state index is 0.0976. The van der Waals surface area contributed by atoms with Gasteiger partial charge >= 0.3 is 0 Å². The van der Waals surface area contributed by atoms with Gasteiger partial charge in [0.2, 0.25) is 0 Å². The Balaban J connectivity index is 1.57. The fraction of sp³-hybridized carbons (Fsp3) is 0.867. The van der Waals surface area contributed by atoms with E-state index in [4.69, 9.17) is 9.47 Å². The summed E-state index contributed by atoms with van der Waals surface area (Å²) in [6, 6.07) is 0. The van der Waals surface area contributed by atoms with Gasteiger partial charge in [-0.25, -0.2) is 0 Å². The molecule has 0 aromatic rings. The van der Waals surface area contributed by atoms with E-state index in [0.717, 1.165) is 24.9 Å². The molecule has 3 aliphatic rings. The zero-order chi connectivity index (χ0) is 12.4. The molecule has 3 heteroatoms. The van der Waals surface area contributed by atoms with Crippen molar-refractivity contribution in [2.45, 2.75) is 63.3 Å². The van der Waals surface area contributed by atoms with Crippen molar-refractivity contribution in [3.8, 4) is 0 Å². The Kier molecular flexibility index (Phi) is 4.31. The van der Waals surface area contributed by atoms with Gasteiger partial charge < -0.3 is 9.47 Å². The number of hydrogen-bond donors (Lipinski definition) is 0. The van der Waals surface area contributed by atoms with Crippen LogP contribution in [0, 0.1) is 11.8 Å². The van der Waals surface area contributed by atoms with Gasteiger partial charge in [0.15, 0.2) is 6.29 Å². The van der Waals surface area contributed by atoms with Crippen LogP contribution in [0.1, 0.15) is 51.4 Å². The highest BCUT2D eigenvalue weighted by molar-refractivity contribution is 14.1. The first-order chi connectivity index (χ1) is 8.84. The highest BCUT2D eigenvalue weighted by Crippen LogP contribution is 2.58. The first-order valence-electron chi connectivity index (χ1n) is 7.39. The van der Waals surface area contributed by atoms with Gasteiger partial charge in [-0.15, -0.1) is 0 Å². The van der Waals surface area contributed by atoms with Crippen LogP contribution >= 0.6 is 22.6 Å². The molecule has 18 heavy (non-hydrogen) atoms. The lowest BCUT2D eigenvalue weighted by Crippen LogP contribution is -2.54. The van der Waals surface area contributed by atoms with Gasteiger partial charge in [0, 0.05) is 6.61 Å². The lowest BCUT2D eigenvalue weighted by molar-refractivity contribution is -0.272. The van der Waals surface area contributed by atoms with Gasteiger partial charge in [-0.3, -0.25) is 0 Å². The summed E-state index contributed by atoms with van der Waals surface area (Å²) in [5, 5.41) is 0. The van der Waals surface area contributed by atoms with E-state index in [9.17, 15) is 0 Å². The maximum atomic E-state index is 6.40. The van der Waals surface area contributed by atoms with Crippen molar-refractivity contribution in [3.63, 3.8) is 0 Å². The highest BCUT2D eigenvalue weighted by Gasteiger charge is 2.57. The van der Waals surface area contributed by atoms with Crippen LogP contribution in [0.15, 0.2) is 10.2 Å². The molecule has 2 aliphatic carbocycles. The van der Waals surface area contributed by atoms with Crippen molar-refractivity contribution in [3.05, 3.63) is 10.2 Å². The molecule has 0 amide bonds. The van der Waals surface area contributed by atoms with Crippen LogP contribution in [0.25, 0.3) is 0 Å². The van der Waals surface area contributed by atoms with Crippen LogP contribution in [0.3, 0.4) is 0 Å². The first kappa shape index (κ1) is 13.4. The topological polar surface area (TPSA) is 18.5 Å². The average Bonchev–Trinajstić information content (AvgIpc) is 2.70. The first-order valence-corrected chi connectivity index (χ1v) is 8.63. The minimum absolute atomic E-state index is 0.0976. The summed E-state index contributed by atoms with van der Waals surface area (Å²) in [4.78, 5) is 0. The van der Waals surface area contributed by atoms with Crippen molar-refractivity contribution in [2.24, 2.45) is 11.8 Å². The Labute approximate surface area is 124 Å². The van der Waals surface area contributed by atoms with Gasteiger partial charge in [0.05, 0.1) is 5.60 Å². The summed E-state index contributed by atoms with van der Waals surface area (Å²) in [6.07, 6.45) is 12.5. The summed E-state index contributed by atoms with van der Waals surface area (Å²) in [5.74, 6) is 1.66. The molecule has 0 spiro atoms. The van der Waals surface area contributed by atoms with E-state index >= 15 is 0 Å². The molecule has 2 saturated carbocycles. The van der Waals surface area contributed by atoms with Crippen LogP contribution in [-0.2, 0) is 9.47 Å². The van der Waals surface area contributed by atoms with Crippen molar-refractivity contribution < 1.29 is 9.47 Å². The van der Waals surface area contributed by atoms with Crippen LogP contribution in [-0.4, -0.2) is 18.5 Å². The summed E-state index contributed by atoms with van der Waals surface area (Å²) in [6.45, 7) is 0.895. The number of ether oxygens (including phenoxy) is 2. The predicted octanol–water partition coefficient (Wildman–Crippen LogP) is 4.43. The fourth-order valence-corrected chi connectivity index (χ4v) is 4.44. The molecule has 0 aromatic carbocycles. The molecule has 102 valence electrons. The Morgan fingerprint density at radius 2 is 2.22 bits per heavy atom. The quantitative estimate of drug-likeness (QED) is 0.689. The van der Waals surface area contributed by atoms with Gasteiger partial charge in [-0.05, 0) is 60.9 Å². The van der Waals surface area contributed by atoms with E-state index in [1.807, 2.05) is 0 Å². The number of fused-ring (bicyclic) bond motifs is 1. The molecule has 0 bridgehead atoms. The highest BCUT2D eigenvalue weighted by atomic mass is 127. The largest absolute Gasteiger partial charge is 0.353 e. The third-order valence-corrected chi connectivity index (χ3v) is 5.51. The van der Waals surface area contributed by atoms with E-state index in [0.29, 0.717) is 0 Å². The van der Waals surface area contributed by atoms with Crippen LogP contribution in [0.5, 0.6) is 0 Å². The number of rotatable bonds is 4. The Bertz CT molecular complexity index is 312. The predicted molar refractivity (Wildman–Crippen MR) is 80.6 cm³/mol. The van der Waals surface area contributed by atoms with Crippen LogP contribution < -0.4 is 0 Å². The van der Waals surface area contributed by atoms with E-state index in [1.54, 1.807) is 0 Å². The molecule has 4 unspecified atom stereocenters. The van der Waals surface area contributed by atoms with Crippen LogP contribution in [0.4, 0.5) is 0 Å². The molecule has 0 N–H and O–H groups in total. The lowest BCUT2D eigenvalue weighted by Gasteiger charge is -2.52. The van der Waals surface area contributed by atoms with E-state index in [-0.39, 0.29) is 11.9 Å². The molecule has 1 heterocycles. The zero-order valence-corrected chi connectivity index (χ0v) is 13.1.